The molecule has 6 heteroatoms. The van der Waals surface area contributed by atoms with E-state index in [0.717, 1.165) is 22.8 Å². The number of anilines is 1. The van der Waals surface area contributed by atoms with Gasteiger partial charge >= 0.3 is 0 Å². The number of carbonyl (C=O) groups is 1. The summed E-state index contributed by atoms with van der Waals surface area (Å²) in [5, 5.41) is 0.420. The number of aromatic nitrogens is 2. The molecular formula is C13H15N3O2S. The van der Waals surface area contributed by atoms with Crippen molar-refractivity contribution < 1.29 is 9.53 Å². The van der Waals surface area contributed by atoms with E-state index in [4.69, 9.17) is 4.74 Å². The molecule has 0 N–H and O–H groups in total. The van der Waals surface area contributed by atoms with Gasteiger partial charge in [-0.1, -0.05) is 12.1 Å². The Kier molecular flexibility index (Phi) is 4.11. The van der Waals surface area contributed by atoms with Crippen molar-refractivity contribution in [3.05, 3.63) is 35.7 Å². The maximum absolute atomic E-state index is 12.0. The first-order valence-electron chi connectivity index (χ1n) is 5.82. The molecule has 2 aromatic rings. The molecule has 1 heterocycles. The molecule has 0 atom stereocenters. The van der Waals surface area contributed by atoms with Gasteiger partial charge in [-0.25, -0.2) is 0 Å². The Balaban J connectivity index is 1.96. The number of amides is 1. The van der Waals surface area contributed by atoms with Gasteiger partial charge in [0.05, 0.1) is 0 Å². The van der Waals surface area contributed by atoms with Gasteiger partial charge in [-0.15, -0.1) is 0 Å². The van der Waals surface area contributed by atoms with Crippen LogP contribution >= 0.6 is 11.5 Å². The van der Waals surface area contributed by atoms with E-state index in [1.54, 1.807) is 18.9 Å². The summed E-state index contributed by atoms with van der Waals surface area (Å²) in [4.78, 5) is 17.6. The Morgan fingerprint density at radius 2 is 2.21 bits per heavy atom. The number of ether oxygens (including phenoxy) is 1. The predicted molar refractivity (Wildman–Crippen MR) is 74.7 cm³/mol. The Morgan fingerprint density at radius 1 is 1.42 bits per heavy atom. The highest BCUT2D eigenvalue weighted by Crippen LogP contribution is 2.16. The average molecular weight is 277 g/mol. The fourth-order valence-electron chi connectivity index (χ4n) is 1.54. The number of nitrogens with zero attached hydrogens (tertiary/aromatic N) is 3. The van der Waals surface area contributed by atoms with Gasteiger partial charge in [-0.3, -0.25) is 4.79 Å². The predicted octanol–water partition coefficient (Wildman–Crippen LogP) is 2.20. The summed E-state index contributed by atoms with van der Waals surface area (Å²) in [5.74, 6) is 0.526. The average Bonchev–Trinajstić information content (AvgIpc) is 2.81. The van der Waals surface area contributed by atoms with Gasteiger partial charge in [0, 0.05) is 24.3 Å². The number of hydrogen-bond donors (Lipinski definition) is 0. The number of likely N-dealkylation sites (N-methyl/N-ethyl adjacent to an activating group) is 1. The molecule has 0 unspecified atom stereocenters. The molecule has 2 rings (SSSR count). The van der Waals surface area contributed by atoms with Gasteiger partial charge in [-0.05, 0) is 31.5 Å². The Hall–Kier alpha value is -1.95. The van der Waals surface area contributed by atoms with E-state index in [-0.39, 0.29) is 12.5 Å². The molecule has 0 saturated heterocycles. The molecule has 19 heavy (non-hydrogen) atoms. The lowest BCUT2D eigenvalue weighted by Crippen LogP contribution is -2.31. The van der Waals surface area contributed by atoms with Crippen molar-refractivity contribution in [2.24, 2.45) is 0 Å². The lowest BCUT2D eigenvalue weighted by molar-refractivity contribution is -0.120. The third-order valence-corrected chi connectivity index (χ3v) is 3.31. The van der Waals surface area contributed by atoms with E-state index < -0.39 is 0 Å². The fraction of sp³-hybridized carbons (Fsp3) is 0.308. The summed E-state index contributed by atoms with van der Waals surface area (Å²) >= 11 is 1.15. The van der Waals surface area contributed by atoms with E-state index in [2.05, 4.69) is 9.36 Å². The first kappa shape index (κ1) is 13.5. The summed E-state index contributed by atoms with van der Waals surface area (Å²) in [6.45, 7) is 3.73. The van der Waals surface area contributed by atoms with Crippen LogP contribution in [-0.4, -0.2) is 28.9 Å². The van der Waals surface area contributed by atoms with Crippen LogP contribution in [0.2, 0.25) is 0 Å². The third kappa shape index (κ3) is 3.51. The zero-order valence-electron chi connectivity index (χ0n) is 11.1. The number of aryl methyl sites for hydroxylation is 2. The van der Waals surface area contributed by atoms with Crippen LogP contribution in [0.3, 0.4) is 0 Å². The lowest BCUT2D eigenvalue weighted by atomic mass is 10.2. The highest BCUT2D eigenvalue weighted by molar-refractivity contribution is 7.07. The second-order valence-electron chi connectivity index (χ2n) is 4.19. The van der Waals surface area contributed by atoms with E-state index in [1.165, 1.54) is 0 Å². The molecule has 100 valence electrons. The van der Waals surface area contributed by atoms with E-state index in [9.17, 15) is 4.79 Å². The zero-order valence-corrected chi connectivity index (χ0v) is 11.9. The molecule has 0 spiro atoms. The summed E-state index contributed by atoms with van der Waals surface area (Å²) in [6, 6.07) is 7.75. The van der Waals surface area contributed by atoms with E-state index in [0.29, 0.717) is 11.0 Å². The SMILES string of the molecule is Cc1cccc(N(C)C(=O)COc2nc(C)ns2)c1. The second-order valence-corrected chi connectivity index (χ2v) is 4.90. The molecule has 1 aromatic heterocycles. The quantitative estimate of drug-likeness (QED) is 0.859. The standard InChI is InChI=1S/C13H15N3O2S/c1-9-5-4-6-11(7-9)16(3)12(17)8-18-13-14-10(2)15-19-13/h4-7H,8H2,1-3H3. The van der Waals surface area contributed by atoms with E-state index in [1.807, 2.05) is 31.2 Å². The Labute approximate surface area is 116 Å². The molecule has 1 aromatic carbocycles. The minimum absolute atomic E-state index is 0.0426. The highest BCUT2D eigenvalue weighted by Gasteiger charge is 2.13. The van der Waals surface area contributed by atoms with Gasteiger partial charge in [0.1, 0.15) is 5.82 Å². The zero-order chi connectivity index (χ0) is 13.8. The molecule has 0 fully saturated rings. The molecule has 0 radical (unpaired) electrons. The van der Waals surface area contributed by atoms with Gasteiger partial charge in [0.15, 0.2) is 6.61 Å². The summed E-state index contributed by atoms with van der Waals surface area (Å²) in [6.07, 6.45) is 0. The number of rotatable bonds is 4. The van der Waals surface area contributed by atoms with Crippen LogP contribution in [0.1, 0.15) is 11.4 Å². The molecule has 0 aliphatic carbocycles. The van der Waals surface area contributed by atoms with Gasteiger partial charge in [0.2, 0.25) is 0 Å². The van der Waals surface area contributed by atoms with Crippen LogP contribution < -0.4 is 9.64 Å². The van der Waals surface area contributed by atoms with Crippen LogP contribution in [-0.2, 0) is 4.79 Å². The van der Waals surface area contributed by atoms with Crippen LogP contribution in [0.15, 0.2) is 24.3 Å². The Morgan fingerprint density at radius 3 is 2.84 bits per heavy atom. The number of carbonyl (C=O) groups excluding carboxylic acids is 1. The molecular weight excluding hydrogens is 262 g/mol. The molecule has 0 aliphatic heterocycles. The summed E-state index contributed by atoms with van der Waals surface area (Å²) in [7, 11) is 1.73. The summed E-state index contributed by atoms with van der Waals surface area (Å²) in [5.41, 5.74) is 1.96. The first-order valence-corrected chi connectivity index (χ1v) is 6.60. The van der Waals surface area contributed by atoms with Gasteiger partial charge < -0.3 is 9.64 Å². The minimum atomic E-state index is -0.126. The van der Waals surface area contributed by atoms with Crippen LogP contribution in [0.25, 0.3) is 0 Å². The van der Waals surface area contributed by atoms with Crippen molar-refractivity contribution in [3.63, 3.8) is 0 Å². The van der Waals surface area contributed by atoms with Crippen LogP contribution in [0, 0.1) is 13.8 Å². The largest absolute Gasteiger partial charge is 0.459 e. The van der Waals surface area contributed by atoms with Crippen LogP contribution in [0.5, 0.6) is 5.19 Å². The molecule has 1 amide bonds. The monoisotopic (exact) mass is 277 g/mol. The Bertz CT molecular complexity index is 583. The molecule has 0 saturated carbocycles. The summed E-state index contributed by atoms with van der Waals surface area (Å²) < 4.78 is 9.31. The maximum atomic E-state index is 12.0. The lowest BCUT2D eigenvalue weighted by Gasteiger charge is -2.17. The highest BCUT2D eigenvalue weighted by atomic mass is 32.1. The van der Waals surface area contributed by atoms with Crippen molar-refractivity contribution in [2.75, 3.05) is 18.6 Å². The smallest absolute Gasteiger partial charge is 0.293 e. The number of hydrogen-bond acceptors (Lipinski definition) is 5. The maximum Gasteiger partial charge on any atom is 0.293 e. The molecule has 5 nitrogen and oxygen atoms in total. The van der Waals surface area contributed by atoms with E-state index >= 15 is 0 Å². The third-order valence-electron chi connectivity index (χ3n) is 2.59. The fourth-order valence-corrected chi connectivity index (χ4v) is 2.07. The first-order chi connectivity index (χ1) is 9.06. The van der Waals surface area contributed by atoms with Crippen molar-refractivity contribution in [2.45, 2.75) is 13.8 Å². The normalized spacial score (nSPS) is 10.3. The number of benzene rings is 1. The topological polar surface area (TPSA) is 55.3 Å². The van der Waals surface area contributed by atoms with Crippen LogP contribution in [0.4, 0.5) is 5.69 Å². The van der Waals surface area contributed by atoms with Crippen molar-refractivity contribution >= 4 is 23.1 Å². The molecule has 0 aliphatic rings. The van der Waals surface area contributed by atoms with Crippen molar-refractivity contribution in [3.8, 4) is 5.19 Å². The minimum Gasteiger partial charge on any atom is -0.459 e. The van der Waals surface area contributed by atoms with Crippen molar-refractivity contribution in [1.82, 2.24) is 9.36 Å². The van der Waals surface area contributed by atoms with Gasteiger partial charge in [-0.2, -0.15) is 9.36 Å². The van der Waals surface area contributed by atoms with Crippen molar-refractivity contribution in [1.29, 1.82) is 0 Å². The van der Waals surface area contributed by atoms with Gasteiger partial charge in [0.25, 0.3) is 11.1 Å². The molecule has 0 bridgehead atoms. The second kappa shape index (κ2) is 5.79.